The van der Waals surface area contributed by atoms with Crippen molar-refractivity contribution in [2.45, 2.75) is 13.0 Å². The first-order valence-electron chi connectivity index (χ1n) is 6.80. The maximum absolute atomic E-state index is 13.2. The van der Waals surface area contributed by atoms with Crippen molar-refractivity contribution in [1.29, 1.82) is 0 Å². The molecule has 3 aromatic rings. The first kappa shape index (κ1) is 15.7. The Balaban J connectivity index is 1.68. The van der Waals surface area contributed by atoms with Crippen LogP contribution in [-0.4, -0.2) is 17.0 Å². The summed E-state index contributed by atoms with van der Waals surface area (Å²) in [4.78, 5) is 16.4. The second-order valence-corrected chi connectivity index (χ2v) is 6.30. The predicted molar refractivity (Wildman–Crippen MR) is 89.7 cm³/mol. The van der Waals surface area contributed by atoms with E-state index in [-0.39, 0.29) is 11.7 Å². The van der Waals surface area contributed by atoms with Gasteiger partial charge in [0.15, 0.2) is 11.2 Å². The van der Waals surface area contributed by atoms with Crippen molar-refractivity contribution >= 4 is 44.2 Å². The number of hydrogen-bond donors (Lipinski definition) is 1. The van der Waals surface area contributed by atoms with E-state index in [4.69, 9.17) is 16.3 Å². The van der Waals surface area contributed by atoms with Crippen LogP contribution in [-0.2, 0) is 4.79 Å². The molecule has 0 bridgehead atoms. The van der Waals surface area contributed by atoms with Crippen LogP contribution in [0.4, 0.5) is 9.52 Å². The Bertz CT molecular complexity index is 851. The summed E-state index contributed by atoms with van der Waals surface area (Å²) in [6.45, 7) is 1.64. The van der Waals surface area contributed by atoms with Crippen molar-refractivity contribution in [3.05, 3.63) is 53.3 Å². The van der Waals surface area contributed by atoms with Gasteiger partial charge in [0.25, 0.3) is 5.91 Å². The summed E-state index contributed by atoms with van der Waals surface area (Å²) in [5, 5.41) is 3.68. The second kappa shape index (κ2) is 6.52. The Hall–Kier alpha value is -2.18. The summed E-state index contributed by atoms with van der Waals surface area (Å²) in [5.74, 6) is -0.124. The molecule has 0 aliphatic rings. The molecule has 0 aliphatic heterocycles. The Labute approximate surface area is 140 Å². The summed E-state index contributed by atoms with van der Waals surface area (Å²) < 4.78 is 19.4. The van der Waals surface area contributed by atoms with Crippen LogP contribution in [0.1, 0.15) is 6.92 Å². The summed E-state index contributed by atoms with van der Waals surface area (Å²) in [6, 6.07) is 11.0. The highest BCUT2D eigenvalue weighted by Crippen LogP contribution is 2.26. The van der Waals surface area contributed by atoms with E-state index in [2.05, 4.69) is 10.3 Å². The predicted octanol–water partition coefficient (Wildman–Crippen LogP) is 4.49. The fraction of sp³-hybridized carbons (Fsp3) is 0.125. The molecule has 1 aromatic heterocycles. The minimum atomic E-state index is -0.708. The maximum atomic E-state index is 13.2. The minimum Gasteiger partial charge on any atom is -0.481 e. The van der Waals surface area contributed by atoms with E-state index in [0.29, 0.717) is 26.1 Å². The van der Waals surface area contributed by atoms with Crippen molar-refractivity contribution < 1.29 is 13.9 Å². The maximum Gasteiger partial charge on any atom is 0.266 e. The molecule has 0 spiro atoms. The van der Waals surface area contributed by atoms with Gasteiger partial charge in [0, 0.05) is 5.02 Å². The van der Waals surface area contributed by atoms with Gasteiger partial charge in [-0.15, -0.1) is 0 Å². The highest BCUT2D eigenvalue weighted by Gasteiger charge is 2.17. The molecule has 0 saturated heterocycles. The van der Waals surface area contributed by atoms with Gasteiger partial charge in [-0.25, -0.2) is 9.37 Å². The van der Waals surface area contributed by atoms with Crippen LogP contribution in [0.25, 0.3) is 10.2 Å². The van der Waals surface area contributed by atoms with E-state index in [9.17, 15) is 9.18 Å². The molecule has 3 rings (SSSR count). The van der Waals surface area contributed by atoms with Crippen molar-refractivity contribution in [1.82, 2.24) is 4.98 Å². The topological polar surface area (TPSA) is 51.2 Å². The van der Waals surface area contributed by atoms with Gasteiger partial charge in [-0.2, -0.15) is 0 Å². The Kier molecular flexibility index (Phi) is 4.45. The lowest BCUT2D eigenvalue weighted by Gasteiger charge is -2.13. The van der Waals surface area contributed by atoms with Crippen molar-refractivity contribution in [3.63, 3.8) is 0 Å². The largest absolute Gasteiger partial charge is 0.481 e. The molecule has 1 heterocycles. The number of carbonyl (C=O) groups is 1. The van der Waals surface area contributed by atoms with Gasteiger partial charge in [-0.05, 0) is 49.4 Å². The van der Waals surface area contributed by atoms with Gasteiger partial charge in [0.2, 0.25) is 0 Å². The SMILES string of the molecule is C[C@@H](Oc1ccc(Cl)cc1)C(=O)Nc1nc2ccc(F)cc2s1. The van der Waals surface area contributed by atoms with E-state index >= 15 is 0 Å². The van der Waals surface area contributed by atoms with Gasteiger partial charge in [-0.3, -0.25) is 10.1 Å². The van der Waals surface area contributed by atoms with Gasteiger partial charge in [0.05, 0.1) is 10.2 Å². The fourth-order valence-electron chi connectivity index (χ4n) is 1.93. The minimum absolute atomic E-state index is 0.334. The van der Waals surface area contributed by atoms with Crippen molar-refractivity contribution in [3.8, 4) is 5.75 Å². The molecule has 7 heteroatoms. The number of rotatable bonds is 4. The first-order valence-corrected chi connectivity index (χ1v) is 8.00. The van der Waals surface area contributed by atoms with E-state index in [1.165, 1.54) is 23.5 Å². The second-order valence-electron chi connectivity index (χ2n) is 4.83. The highest BCUT2D eigenvalue weighted by molar-refractivity contribution is 7.22. The van der Waals surface area contributed by atoms with Gasteiger partial charge >= 0.3 is 0 Å². The van der Waals surface area contributed by atoms with Gasteiger partial charge in [0.1, 0.15) is 11.6 Å². The normalized spacial score (nSPS) is 12.1. The molecule has 1 atom stereocenters. The van der Waals surface area contributed by atoms with Crippen LogP contribution in [0.3, 0.4) is 0 Å². The third kappa shape index (κ3) is 3.78. The standard InChI is InChI=1S/C16H12ClFN2O2S/c1-9(22-12-5-2-10(17)3-6-12)15(21)20-16-19-13-7-4-11(18)8-14(13)23-16/h2-9H,1H3,(H,19,20,21)/t9-/m1/s1. The number of carbonyl (C=O) groups excluding carboxylic acids is 1. The number of thiazole rings is 1. The van der Waals surface area contributed by atoms with Gasteiger partial charge < -0.3 is 4.74 Å². The first-order chi connectivity index (χ1) is 11.0. The number of ether oxygens (including phenoxy) is 1. The molecule has 1 N–H and O–H groups in total. The lowest BCUT2D eigenvalue weighted by atomic mass is 10.3. The number of amides is 1. The molecular weight excluding hydrogens is 339 g/mol. The average molecular weight is 351 g/mol. The van der Waals surface area contributed by atoms with Gasteiger partial charge in [-0.1, -0.05) is 22.9 Å². The lowest BCUT2D eigenvalue weighted by molar-refractivity contribution is -0.122. The quantitative estimate of drug-likeness (QED) is 0.754. The molecule has 0 aliphatic carbocycles. The van der Waals surface area contributed by atoms with E-state index in [1.807, 2.05) is 0 Å². The molecule has 0 fully saturated rings. The molecule has 4 nitrogen and oxygen atoms in total. The zero-order valence-electron chi connectivity index (χ0n) is 12.0. The van der Waals surface area contributed by atoms with Crippen LogP contribution in [0.15, 0.2) is 42.5 Å². The molecule has 23 heavy (non-hydrogen) atoms. The Morgan fingerprint density at radius 3 is 2.78 bits per heavy atom. The number of nitrogens with one attached hydrogen (secondary N) is 1. The average Bonchev–Trinajstić information content (AvgIpc) is 2.90. The molecule has 1 amide bonds. The number of aromatic nitrogens is 1. The zero-order valence-corrected chi connectivity index (χ0v) is 13.6. The molecule has 118 valence electrons. The number of fused-ring (bicyclic) bond motifs is 1. The lowest BCUT2D eigenvalue weighted by Crippen LogP contribution is -2.30. The zero-order chi connectivity index (χ0) is 16.4. The van der Waals surface area contributed by atoms with Crippen LogP contribution >= 0.6 is 22.9 Å². The van der Waals surface area contributed by atoms with E-state index in [1.54, 1.807) is 37.3 Å². The third-order valence-electron chi connectivity index (χ3n) is 3.08. The Morgan fingerprint density at radius 1 is 1.30 bits per heavy atom. The fourth-order valence-corrected chi connectivity index (χ4v) is 2.95. The van der Waals surface area contributed by atoms with Crippen LogP contribution in [0.2, 0.25) is 5.02 Å². The monoisotopic (exact) mass is 350 g/mol. The summed E-state index contributed by atoms with van der Waals surface area (Å²) in [7, 11) is 0. The van der Waals surface area contributed by atoms with Crippen LogP contribution < -0.4 is 10.1 Å². The molecule has 0 radical (unpaired) electrons. The molecule has 0 saturated carbocycles. The Morgan fingerprint density at radius 2 is 2.04 bits per heavy atom. The van der Waals surface area contributed by atoms with E-state index in [0.717, 1.165) is 0 Å². The number of halogens is 2. The number of nitrogens with zero attached hydrogens (tertiary/aromatic N) is 1. The molecular formula is C16H12ClFN2O2S. The summed E-state index contributed by atoms with van der Waals surface area (Å²) in [5.41, 5.74) is 0.637. The molecule has 0 unspecified atom stereocenters. The summed E-state index contributed by atoms with van der Waals surface area (Å²) in [6.07, 6.45) is -0.708. The van der Waals surface area contributed by atoms with Crippen LogP contribution in [0.5, 0.6) is 5.75 Å². The highest BCUT2D eigenvalue weighted by atomic mass is 35.5. The molecule has 2 aromatic carbocycles. The number of anilines is 1. The number of hydrogen-bond acceptors (Lipinski definition) is 4. The van der Waals surface area contributed by atoms with Crippen molar-refractivity contribution in [2.24, 2.45) is 0 Å². The van der Waals surface area contributed by atoms with Crippen LogP contribution in [0, 0.1) is 5.82 Å². The summed E-state index contributed by atoms with van der Waals surface area (Å²) >= 11 is 7.01. The van der Waals surface area contributed by atoms with Crippen molar-refractivity contribution in [2.75, 3.05) is 5.32 Å². The van der Waals surface area contributed by atoms with E-state index < -0.39 is 6.10 Å². The number of benzene rings is 2. The third-order valence-corrected chi connectivity index (χ3v) is 4.26. The smallest absolute Gasteiger partial charge is 0.266 e.